The Morgan fingerprint density at radius 3 is 2.43 bits per heavy atom. The summed E-state index contributed by atoms with van der Waals surface area (Å²) in [5, 5.41) is 15.1. The Labute approximate surface area is 120 Å². The van der Waals surface area contributed by atoms with Gasteiger partial charge in [-0.25, -0.2) is 4.68 Å². The Kier molecular flexibility index (Phi) is 4.13. The number of anilines is 1. The van der Waals surface area contributed by atoms with Crippen molar-refractivity contribution < 1.29 is 19.5 Å². The zero-order valence-corrected chi connectivity index (χ0v) is 11.2. The maximum absolute atomic E-state index is 12.1. The van der Waals surface area contributed by atoms with E-state index in [1.54, 1.807) is 24.3 Å². The number of hydrogen-bond acceptors (Lipinski definition) is 4. The molecule has 2 aromatic rings. The molecule has 7 heteroatoms. The van der Waals surface area contributed by atoms with Crippen LogP contribution in [0.2, 0.25) is 0 Å². The number of nitrogens with one attached hydrogen (secondary N) is 1. The highest BCUT2D eigenvalue weighted by atomic mass is 16.4. The molecule has 21 heavy (non-hydrogen) atoms. The molecule has 1 aromatic carbocycles. The third-order valence-electron chi connectivity index (χ3n) is 2.78. The highest BCUT2D eigenvalue weighted by Crippen LogP contribution is 2.12. The molecular formula is C14H13N3O4. The topological polar surface area (TPSA) is 101 Å². The minimum absolute atomic E-state index is 0.0626. The van der Waals surface area contributed by atoms with E-state index in [4.69, 9.17) is 5.11 Å². The van der Waals surface area contributed by atoms with Gasteiger partial charge in [-0.3, -0.25) is 14.4 Å². The number of carbonyl (C=O) groups excluding carboxylic acids is 2. The number of rotatable bonds is 5. The number of nitrogens with zero attached hydrogens (tertiary/aromatic N) is 2. The van der Waals surface area contributed by atoms with Crippen molar-refractivity contribution in [2.24, 2.45) is 0 Å². The molecule has 0 unspecified atom stereocenters. The number of carboxylic acids is 1. The summed E-state index contributed by atoms with van der Waals surface area (Å²) in [6.07, 6.45) is 1.36. The van der Waals surface area contributed by atoms with Gasteiger partial charge in [-0.1, -0.05) is 0 Å². The number of benzene rings is 1. The van der Waals surface area contributed by atoms with Gasteiger partial charge in [0.1, 0.15) is 12.2 Å². The van der Waals surface area contributed by atoms with Crippen LogP contribution < -0.4 is 5.32 Å². The number of aromatic nitrogens is 2. The Balaban J connectivity index is 2.12. The number of Topliss-reactive ketones (excluding diaryl/α,β-unsaturated/α-hetero) is 1. The first-order valence-corrected chi connectivity index (χ1v) is 6.13. The lowest BCUT2D eigenvalue weighted by atomic mass is 10.1. The summed E-state index contributed by atoms with van der Waals surface area (Å²) in [5.74, 6) is -1.62. The van der Waals surface area contributed by atoms with E-state index in [0.717, 1.165) is 4.68 Å². The molecule has 1 aromatic heterocycles. The highest BCUT2D eigenvalue weighted by Gasteiger charge is 2.14. The van der Waals surface area contributed by atoms with Crippen LogP contribution in [-0.2, 0) is 11.3 Å². The number of aliphatic carboxylic acids is 1. The first-order valence-electron chi connectivity index (χ1n) is 6.13. The highest BCUT2D eigenvalue weighted by molar-refractivity contribution is 6.03. The fourth-order valence-corrected chi connectivity index (χ4v) is 1.76. The average Bonchev–Trinajstić information content (AvgIpc) is 2.86. The third-order valence-corrected chi connectivity index (χ3v) is 2.78. The zero-order valence-electron chi connectivity index (χ0n) is 11.2. The average molecular weight is 287 g/mol. The molecule has 2 N–H and O–H groups in total. The van der Waals surface area contributed by atoms with Crippen LogP contribution in [0.5, 0.6) is 0 Å². The molecule has 7 nitrogen and oxygen atoms in total. The van der Waals surface area contributed by atoms with Gasteiger partial charge >= 0.3 is 5.97 Å². The van der Waals surface area contributed by atoms with Gasteiger partial charge in [0.25, 0.3) is 5.91 Å². The van der Waals surface area contributed by atoms with Crippen molar-refractivity contribution in [3.05, 3.63) is 47.8 Å². The van der Waals surface area contributed by atoms with E-state index in [0.29, 0.717) is 11.3 Å². The molecule has 0 radical (unpaired) electrons. The van der Waals surface area contributed by atoms with Gasteiger partial charge in [-0.2, -0.15) is 5.10 Å². The van der Waals surface area contributed by atoms with Crippen LogP contribution >= 0.6 is 0 Å². The van der Waals surface area contributed by atoms with Gasteiger partial charge in [-0.05, 0) is 37.3 Å². The molecule has 108 valence electrons. The number of carbonyl (C=O) groups is 3. The van der Waals surface area contributed by atoms with Crippen LogP contribution in [0.15, 0.2) is 36.5 Å². The van der Waals surface area contributed by atoms with E-state index < -0.39 is 11.9 Å². The normalized spacial score (nSPS) is 10.1. The number of hydrogen-bond donors (Lipinski definition) is 2. The van der Waals surface area contributed by atoms with Crippen LogP contribution in [0.25, 0.3) is 0 Å². The number of carboxylic acid groups (broad SMARTS) is 1. The summed E-state index contributed by atoms with van der Waals surface area (Å²) >= 11 is 0. The number of amides is 1. The van der Waals surface area contributed by atoms with Crippen LogP contribution in [0.4, 0.5) is 5.69 Å². The predicted molar refractivity (Wildman–Crippen MR) is 74.3 cm³/mol. The van der Waals surface area contributed by atoms with Crippen LogP contribution in [0.1, 0.15) is 27.8 Å². The van der Waals surface area contributed by atoms with Gasteiger partial charge in [0.05, 0.1) is 0 Å². The molecule has 1 amide bonds. The van der Waals surface area contributed by atoms with Crippen molar-refractivity contribution in [1.29, 1.82) is 0 Å². The van der Waals surface area contributed by atoms with E-state index in [1.807, 2.05) is 0 Å². The molecule has 0 atom stereocenters. The fraction of sp³-hybridized carbons (Fsp3) is 0.143. The Morgan fingerprint density at radius 2 is 1.86 bits per heavy atom. The van der Waals surface area contributed by atoms with Crippen LogP contribution in [0, 0.1) is 0 Å². The quantitative estimate of drug-likeness (QED) is 0.810. The molecular weight excluding hydrogens is 274 g/mol. The summed E-state index contributed by atoms with van der Waals surface area (Å²) < 4.78 is 1.10. The van der Waals surface area contributed by atoms with Crippen molar-refractivity contribution in [3.8, 4) is 0 Å². The predicted octanol–water partition coefficient (Wildman–Crippen LogP) is 1.42. The lowest BCUT2D eigenvalue weighted by Crippen LogP contribution is -2.20. The first kappa shape index (κ1) is 14.4. The fourth-order valence-electron chi connectivity index (χ4n) is 1.76. The van der Waals surface area contributed by atoms with Crippen LogP contribution in [0.3, 0.4) is 0 Å². The van der Waals surface area contributed by atoms with Gasteiger partial charge in [0, 0.05) is 17.4 Å². The largest absolute Gasteiger partial charge is 0.480 e. The molecule has 2 rings (SSSR count). The number of ketones is 1. The molecule has 0 aliphatic rings. The second kappa shape index (κ2) is 6.00. The third kappa shape index (κ3) is 3.53. The van der Waals surface area contributed by atoms with Crippen molar-refractivity contribution in [1.82, 2.24) is 9.78 Å². The standard InChI is InChI=1S/C14H13N3O4/c1-9(18)10-2-4-11(5-3-10)16-14(21)12-6-7-15-17(12)8-13(19)20/h2-7H,8H2,1H3,(H,16,21)(H,19,20). The summed E-state index contributed by atoms with van der Waals surface area (Å²) in [5.41, 5.74) is 1.20. The van der Waals surface area contributed by atoms with Crippen molar-refractivity contribution in [2.75, 3.05) is 5.32 Å². The van der Waals surface area contributed by atoms with Crippen LogP contribution in [-0.4, -0.2) is 32.5 Å². The second-order valence-corrected chi connectivity index (χ2v) is 4.36. The van der Waals surface area contributed by atoms with E-state index in [2.05, 4.69) is 10.4 Å². The Hall–Kier alpha value is -2.96. The van der Waals surface area contributed by atoms with Gasteiger partial charge in [0.2, 0.25) is 0 Å². The maximum atomic E-state index is 12.1. The molecule has 0 spiro atoms. The SMILES string of the molecule is CC(=O)c1ccc(NC(=O)c2ccnn2CC(=O)O)cc1. The summed E-state index contributed by atoms with van der Waals surface area (Å²) in [4.78, 5) is 33.9. The lowest BCUT2D eigenvalue weighted by molar-refractivity contribution is -0.137. The Morgan fingerprint density at radius 1 is 1.19 bits per heavy atom. The summed E-state index contributed by atoms with van der Waals surface area (Å²) in [6.45, 7) is 1.07. The molecule has 0 saturated heterocycles. The van der Waals surface area contributed by atoms with Crippen molar-refractivity contribution >= 4 is 23.3 Å². The second-order valence-electron chi connectivity index (χ2n) is 4.36. The molecule has 0 fully saturated rings. The minimum Gasteiger partial charge on any atom is -0.480 e. The van der Waals surface area contributed by atoms with Crippen molar-refractivity contribution in [2.45, 2.75) is 13.5 Å². The van der Waals surface area contributed by atoms with Crippen molar-refractivity contribution in [3.63, 3.8) is 0 Å². The van der Waals surface area contributed by atoms with E-state index >= 15 is 0 Å². The molecule has 1 heterocycles. The summed E-state index contributed by atoms with van der Waals surface area (Å²) in [7, 11) is 0. The van der Waals surface area contributed by atoms with Gasteiger partial charge in [0.15, 0.2) is 5.78 Å². The monoisotopic (exact) mass is 287 g/mol. The molecule has 0 aliphatic heterocycles. The van der Waals surface area contributed by atoms with E-state index in [9.17, 15) is 14.4 Å². The van der Waals surface area contributed by atoms with E-state index in [-0.39, 0.29) is 18.0 Å². The molecule has 0 saturated carbocycles. The van der Waals surface area contributed by atoms with E-state index in [1.165, 1.54) is 19.2 Å². The minimum atomic E-state index is -1.08. The zero-order chi connectivity index (χ0) is 15.4. The van der Waals surface area contributed by atoms with Gasteiger partial charge < -0.3 is 10.4 Å². The maximum Gasteiger partial charge on any atom is 0.325 e. The Bertz CT molecular complexity index is 688. The molecule has 0 aliphatic carbocycles. The van der Waals surface area contributed by atoms with Gasteiger partial charge in [-0.15, -0.1) is 0 Å². The summed E-state index contributed by atoms with van der Waals surface area (Å²) in [6, 6.07) is 7.85. The smallest absolute Gasteiger partial charge is 0.325 e. The lowest BCUT2D eigenvalue weighted by Gasteiger charge is -2.07. The first-order chi connectivity index (χ1) is 9.97. The molecule has 0 bridgehead atoms.